The fourth-order valence-electron chi connectivity index (χ4n) is 2.64. The highest BCUT2D eigenvalue weighted by atomic mass is 35.5. The zero-order valence-corrected chi connectivity index (χ0v) is 16.3. The summed E-state index contributed by atoms with van der Waals surface area (Å²) in [5.74, 6) is -0.863. The SMILES string of the molecule is COCCNC(=O)CC(=O)N/N=C/c1cc(C)n(-c2ccccc2Cl)c1C. The van der Waals surface area contributed by atoms with Crippen LogP contribution in [0.1, 0.15) is 23.4 Å². The van der Waals surface area contributed by atoms with Gasteiger partial charge in [0.25, 0.3) is 0 Å². The highest BCUT2D eigenvalue weighted by Gasteiger charge is 2.12. The third-order valence-corrected chi connectivity index (χ3v) is 4.23. The predicted octanol–water partition coefficient (Wildman–Crippen LogP) is 2.35. The number of aryl methyl sites for hydroxylation is 1. The molecule has 0 saturated carbocycles. The lowest BCUT2D eigenvalue weighted by Gasteiger charge is -2.11. The Hall–Kier alpha value is -2.64. The number of ether oxygens (including phenoxy) is 1. The first-order valence-corrected chi connectivity index (χ1v) is 8.83. The lowest BCUT2D eigenvalue weighted by atomic mass is 10.2. The topological polar surface area (TPSA) is 84.7 Å². The second-order valence-electron chi connectivity index (χ2n) is 5.93. The van der Waals surface area contributed by atoms with Crippen molar-refractivity contribution in [1.82, 2.24) is 15.3 Å². The van der Waals surface area contributed by atoms with Crippen LogP contribution in [0, 0.1) is 13.8 Å². The highest BCUT2D eigenvalue weighted by molar-refractivity contribution is 6.32. The minimum Gasteiger partial charge on any atom is -0.383 e. The number of halogens is 1. The second-order valence-corrected chi connectivity index (χ2v) is 6.33. The minimum absolute atomic E-state index is 0.292. The van der Waals surface area contributed by atoms with Crippen molar-refractivity contribution in [2.75, 3.05) is 20.3 Å². The Kier molecular flexibility index (Phi) is 7.57. The van der Waals surface area contributed by atoms with Crippen LogP contribution < -0.4 is 10.7 Å². The molecule has 2 aromatic rings. The van der Waals surface area contributed by atoms with Crippen molar-refractivity contribution in [2.45, 2.75) is 20.3 Å². The molecule has 0 saturated heterocycles. The fourth-order valence-corrected chi connectivity index (χ4v) is 2.86. The quantitative estimate of drug-likeness (QED) is 0.314. The molecule has 0 aliphatic heterocycles. The zero-order valence-electron chi connectivity index (χ0n) is 15.6. The Bertz CT molecular complexity index is 845. The van der Waals surface area contributed by atoms with Gasteiger partial charge in [-0.15, -0.1) is 0 Å². The van der Waals surface area contributed by atoms with Crippen molar-refractivity contribution in [2.24, 2.45) is 5.10 Å². The largest absolute Gasteiger partial charge is 0.383 e. The third-order valence-electron chi connectivity index (χ3n) is 3.91. The molecule has 144 valence electrons. The number of hydrazone groups is 1. The molecule has 0 unspecified atom stereocenters. The molecule has 0 aliphatic carbocycles. The lowest BCUT2D eigenvalue weighted by Crippen LogP contribution is -2.31. The molecule has 0 spiro atoms. The maximum atomic E-state index is 11.8. The molecular formula is C19H23ClN4O3. The van der Waals surface area contributed by atoms with Crippen molar-refractivity contribution in [1.29, 1.82) is 0 Å². The van der Waals surface area contributed by atoms with Crippen LogP contribution in [0.15, 0.2) is 35.4 Å². The van der Waals surface area contributed by atoms with Crippen LogP contribution in [0.2, 0.25) is 5.02 Å². The van der Waals surface area contributed by atoms with Gasteiger partial charge >= 0.3 is 0 Å². The van der Waals surface area contributed by atoms with Gasteiger partial charge in [-0.25, -0.2) is 5.43 Å². The molecule has 27 heavy (non-hydrogen) atoms. The van der Waals surface area contributed by atoms with Gasteiger partial charge in [-0.3, -0.25) is 9.59 Å². The number of amides is 2. The Balaban J connectivity index is 2.00. The van der Waals surface area contributed by atoms with Crippen LogP contribution in [0.3, 0.4) is 0 Å². The van der Waals surface area contributed by atoms with E-state index in [2.05, 4.69) is 15.8 Å². The van der Waals surface area contributed by atoms with Crippen LogP contribution in [0.25, 0.3) is 5.69 Å². The number of nitrogens with zero attached hydrogens (tertiary/aromatic N) is 2. The van der Waals surface area contributed by atoms with Crippen molar-refractivity contribution in [3.8, 4) is 5.69 Å². The van der Waals surface area contributed by atoms with Crippen LogP contribution in [0.4, 0.5) is 0 Å². The number of methoxy groups -OCH3 is 1. The van der Waals surface area contributed by atoms with E-state index in [1.807, 2.05) is 48.7 Å². The van der Waals surface area contributed by atoms with Gasteiger partial charge in [0.15, 0.2) is 0 Å². The Morgan fingerprint density at radius 3 is 2.70 bits per heavy atom. The number of aromatic nitrogens is 1. The Morgan fingerprint density at radius 1 is 1.26 bits per heavy atom. The van der Waals surface area contributed by atoms with Crippen LogP contribution in [0.5, 0.6) is 0 Å². The summed E-state index contributed by atoms with van der Waals surface area (Å²) in [6.45, 7) is 4.67. The molecule has 7 nitrogen and oxygen atoms in total. The summed E-state index contributed by atoms with van der Waals surface area (Å²) in [5, 5.41) is 7.17. The molecule has 0 atom stereocenters. The molecule has 2 amide bonds. The van der Waals surface area contributed by atoms with E-state index in [9.17, 15) is 9.59 Å². The Morgan fingerprint density at radius 2 is 2.00 bits per heavy atom. The zero-order chi connectivity index (χ0) is 19.8. The fraction of sp³-hybridized carbons (Fsp3) is 0.316. The first kappa shape index (κ1) is 20.7. The van der Waals surface area contributed by atoms with E-state index in [1.54, 1.807) is 6.21 Å². The summed E-state index contributed by atoms with van der Waals surface area (Å²) in [6, 6.07) is 9.52. The van der Waals surface area contributed by atoms with E-state index in [4.69, 9.17) is 16.3 Å². The molecule has 8 heteroatoms. The van der Waals surface area contributed by atoms with Gasteiger partial charge in [-0.1, -0.05) is 23.7 Å². The molecule has 1 heterocycles. The van der Waals surface area contributed by atoms with E-state index in [0.717, 1.165) is 22.6 Å². The standard InChI is InChI=1S/C19H23ClN4O3/c1-13-10-15(14(2)24(13)17-7-5-4-6-16(17)20)12-22-23-19(26)11-18(25)21-8-9-27-3/h4-7,10,12H,8-9,11H2,1-3H3,(H,21,25)(H,23,26)/b22-12+. The maximum absolute atomic E-state index is 11.8. The van der Waals surface area contributed by atoms with Crippen molar-refractivity contribution < 1.29 is 14.3 Å². The van der Waals surface area contributed by atoms with Gasteiger partial charge in [-0.2, -0.15) is 5.10 Å². The minimum atomic E-state index is -0.485. The molecule has 0 fully saturated rings. The van der Waals surface area contributed by atoms with Crippen LogP contribution >= 0.6 is 11.6 Å². The van der Waals surface area contributed by atoms with E-state index < -0.39 is 5.91 Å². The predicted molar refractivity (Wildman–Crippen MR) is 105 cm³/mol. The number of carbonyl (C=O) groups is 2. The maximum Gasteiger partial charge on any atom is 0.249 e. The first-order valence-electron chi connectivity index (χ1n) is 8.45. The van der Waals surface area contributed by atoms with Gasteiger partial charge in [0, 0.05) is 30.6 Å². The van der Waals surface area contributed by atoms with E-state index >= 15 is 0 Å². The van der Waals surface area contributed by atoms with Crippen LogP contribution in [-0.4, -0.2) is 42.9 Å². The number of carbonyl (C=O) groups excluding carboxylic acids is 2. The summed E-state index contributed by atoms with van der Waals surface area (Å²) in [5.41, 5.74) is 6.02. The smallest absolute Gasteiger partial charge is 0.249 e. The summed E-state index contributed by atoms with van der Waals surface area (Å²) in [6.07, 6.45) is 1.26. The Labute approximate surface area is 163 Å². The van der Waals surface area contributed by atoms with Crippen LogP contribution in [-0.2, 0) is 14.3 Å². The molecule has 1 aromatic carbocycles. The second kappa shape index (κ2) is 9.89. The van der Waals surface area contributed by atoms with Crippen molar-refractivity contribution >= 4 is 29.6 Å². The third kappa shape index (κ3) is 5.67. The summed E-state index contributed by atoms with van der Waals surface area (Å²) in [7, 11) is 1.54. The molecular weight excluding hydrogens is 368 g/mol. The number of rotatable bonds is 8. The molecule has 1 aromatic heterocycles. The average Bonchev–Trinajstić information content (AvgIpc) is 2.89. The lowest BCUT2D eigenvalue weighted by molar-refractivity contribution is -0.129. The van der Waals surface area contributed by atoms with Gasteiger partial charge < -0.3 is 14.6 Å². The van der Waals surface area contributed by atoms with Crippen molar-refractivity contribution in [3.05, 3.63) is 52.3 Å². The van der Waals surface area contributed by atoms with Crippen molar-refractivity contribution in [3.63, 3.8) is 0 Å². The number of para-hydroxylation sites is 1. The van der Waals surface area contributed by atoms with Gasteiger partial charge in [0.05, 0.1) is 23.5 Å². The average molecular weight is 391 g/mol. The molecule has 2 N–H and O–H groups in total. The van der Waals surface area contributed by atoms with E-state index in [-0.39, 0.29) is 12.3 Å². The monoisotopic (exact) mass is 390 g/mol. The van der Waals surface area contributed by atoms with Gasteiger partial charge in [0.2, 0.25) is 11.8 Å². The molecule has 2 rings (SSSR count). The summed E-state index contributed by atoms with van der Waals surface area (Å²) < 4.78 is 6.85. The number of hydrogen-bond acceptors (Lipinski definition) is 4. The molecule has 0 bridgehead atoms. The van der Waals surface area contributed by atoms with E-state index in [0.29, 0.717) is 18.2 Å². The first-order chi connectivity index (χ1) is 12.9. The number of nitrogens with one attached hydrogen (secondary N) is 2. The number of benzene rings is 1. The number of hydrogen-bond donors (Lipinski definition) is 2. The molecule has 0 aliphatic rings. The highest BCUT2D eigenvalue weighted by Crippen LogP contribution is 2.25. The van der Waals surface area contributed by atoms with Gasteiger partial charge in [-0.05, 0) is 32.0 Å². The normalized spacial score (nSPS) is 11.0. The molecule has 0 radical (unpaired) electrons. The van der Waals surface area contributed by atoms with Gasteiger partial charge in [0.1, 0.15) is 6.42 Å². The summed E-state index contributed by atoms with van der Waals surface area (Å²) >= 11 is 6.29. The van der Waals surface area contributed by atoms with E-state index in [1.165, 1.54) is 7.11 Å². The summed E-state index contributed by atoms with van der Waals surface area (Å²) in [4.78, 5) is 23.3.